The highest BCUT2D eigenvalue weighted by Gasteiger charge is 2.10. The second-order valence-electron chi connectivity index (χ2n) is 3.75. The van der Waals surface area contributed by atoms with E-state index in [0.29, 0.717) is 18.6 Å². The van der Waals surface area contributed by atoms with E-state index in [1.54, 1.807) is 25.1 Å². The van der Waals surface area contributed by atoms with Gasteiger partial charge in [-0.15, -0.1) is 6.42 Å². The number of terminal acetylenes is 1. The Kier molecular flexibility index (Phi) is 4.74. The van der Waals surface area contributed by atoms with Gasteiger partial charge < -0.3 is 9.84 Å². The molecule has 90 valence electrons. The minimum atomic E-state index is -0.790. The van der Waals surface area contributed by atoms with Crippen molar-refractivity contribution in [1.82, 2.24) is 0 Å². The highest BCUT2D eigenvalue weighted by atomic mass is 16.5. The Bertz CT molecular complexity index is 443. The maximum Gasteiger partial charge on any atom is 0.338 e. The van der Waals surface area contributed by atoms with Gasteiger partial charge in [0.1, 0.15) is 6.10 Å². The summed E-state index contributed by atoms with van der Waals surface area (Å²) in [5, 5.41) is 9.37. The molecule has 1 atom stereocenters. The first-order valence-electron chi connectivity index (χ1n) is 5.49. The van der Waals surface area contributed by atoms with Gasteiger partial charge in [-0.2, -0.15) is 0 Å². The van der Waals surface area contributed by atoms with Crippen molar-refractivity contribution in [1.29, 1.82) is 0 Å². The van der Waals surface area contributed by atoms with Crippen molar-refractivity contribution in [3.05, 3.63) is 34.9 Å². The average molecular weight is 232 g/mol. The van der Waals surface area contributed by atoms with Crippen molar-refractivity contribution in [2.75, 3.05) is 6.61 Å². The number of esters is 1. The zero-order valence-electron chi connectivity index (χ0n) is 10.1. The van der Waals surface area contributed by atoms with Crippen molar-refractivity contribution in [3.8, 4) is 12.3 Å². The summed E-state index contributed by atoms with van der Waals surface area (Å²) in [7, 11) is 0. The molecule has 0 aliphatic carbocycles. The van der Waals surface area contributed by atoms with E-state index < -0.39 is 6.10 Å². The van der Waals surface area contributed by atoms with Gasteiger partial charge in [0.2, 0.25) is 0 Å². The molecule has 1 aromatic rings. The van der Waals surface area contributed by atoms with Gasteiger partial charge in [-0.05, 0) is 37.1 Å². The van der Waals surface area contributed by atoms with Crippen LogP contribution >= 0.6 is 0 Å². The second kappa shape index (κ2) is 6.07. The zero-order valence-corrected chi connectivity index (χ0v) is 10.1. The van der Waals surface area contributed by atoms with Crippen LogP contribution in [-0.2, 0) is 11.2 Å². The Labute approximate surface area is 101 Å². The highest BCUT2D eigenvalue weighted by Crippen LogP contribution is 2.14. The molecule has 0 spiro atoms. The molecule has 1 unspecified atom stereocenters. The van der Waals surface area contributed by atoms with Crippen LogP contribution in [0.2, 0.25) is 0 Å². The molecule has 3 heteroatoms. The van der Waals surface area contributed by atoms with E-state index in [9.17, 15) is 9.90 Å². The van der Waals surface area contributed by atoms with Gasteiger partial charge in [-0.25, -0.2) is 4.79 Å². The van der Waals surface area contributed by atoms with Crippen molar-refractivity contribution in [3.63, 3.8) is 0 Å². The zero-order chi connectivity index (χ0) is 12.8. The van der Waals surface area contributed by atoms with Crippen molar-refractivity contribution >= 4 is 5.97 Å². The third-order valence-electron chi connectivity index (χ3n) is 2.46. The van der Waals surface area contributed by atoms with E-state index in [1.165, 1.54) is 0 Å². The summed E-state index contributed by atoms with van der Waals surface area (Å²) in [5.74, 6) is 1.93. The number of aryl methyl sites for hydroxylation is 1. The molecule has 0 heterocycles. The van der Waals surface area contributed by atoms with E-state index in [-0.39, 0.29) is 5.97 Å². The molecule has 0 aliphatic heterocycles. The van der Waals surface area contributed by atoms with Gasteiger partial charge in [0.05, 0.1) is 12.2 Å². The summed E-state index contributed by atoms with van der Waals surface area (Å²) in [6.45, 7) is 4.00. The van der Waals surface area contributed by atoms with Gasteiger partial charge in [0.15, 0.2) is 0 Å². The summed E-state index contributed by atoms with van der Waals surface area (Å²) >= 11 is 0. The average Bonchev–Trinajstić information content (AvgIpc) is 2.31. The van der Waals surface area contributed by atoms with Gasteiger partial charge in [-0.3, -0.25) is 0 Å². The minimum Gasteiger partial charge on any atom is -0.462 e. The maximum absolute atomic E-state index is 11.5. The Morgan fingerprint density at radius 1 is 1.59 bits per heavy atom. The lowest BCUT2D eigenvalue weighted by Crippen LogP contribution is -2.10. The Morgan fingerprint density at radius 3 is 2.82 bits per heavy atom. The molecule has 1 N–H and O–H groups in total. The molecule has 0 saturated carbocycles. The molecule has 0 saturated heterocycles. The maximum atomic E-state index is 11.5. The van der Waals surface area contributed by atoms with Crippen LogP contribution < -0.4 is 0 Å². The van der Waals surface area contributed by atoms with Gasteiger partial charge in [0, 0.05) is 6.42 Å². The molecular weight excluding hydrogens is 216 g/mol. The number of carbonyl (C=O) groups excluding carboxylic acids is 1. The largest absolute Gasteiger partial charge is 0.462 e. The van der Waals surface area contributed by atoms with Gasteiger partial charge in [-0.1, -0.05) is 12.0 Å². The Hall–Kier alpha value is -1.79. The number of rotatable bonds is 4. The van der Waals surface area contributed by atoms with Gasteiger partial charge in [0.25, 0.3) is 0 Å². The third-order valence-corrected chi connectivity index (χ3v) is 2.46. The standard InChI is InChI=1S/C14H16O3/c1-4-13(15)9-11-6-7-12(8-10(11)3)14(16)17-5-2/h1,6-8,13,15H,5,9H2,2-3H3. The van der Waals surface area contributed by atoms with Crippen molar-refractivity contribution in [2.24, 2.45) is 0 Å². The molecule has 1 rings (SSSR count). The van der Waals surface area contributed by atoms with Crippen LogP contribution in [0.25, 0.3) is 0 Å². The number of hydrogen-bond acceptors (Lipinski definition) is 3. The minimum absolute atomic E-state index is 0.334. The Balaban J connectivity index is 2.87. The molecule has 0 bridgehead atoms. The molecule has 0 amide bonds. The second-order valence-corrected chi connectivity index (χ2v) is 3.75. The number of carbonyl (C=O) groups is 1. The number of aliphatic hydroxyl groups is 1. The summed E-state index contributed by atoms with van der Waals surface area (Å²) in [6.07, 6.45) is 4.72. The predicted molar refractivity (Wildman–Crippen MR) is 65.7 cm³/mol. The first-order valence-corrected chi connectivity index (χ1v) is 5.49. The lowest BCUT2D eigenvalue weighted by atomic mass is 10.0. The fourth-order valence-corrected chi connectivity index (χ4v) is 1.53. The molecule has 0 radical (unpaired) electrons. The predicted octanol–water partition coefficient (Wildman–Crippen LogP) is 1.71. The first-order chi connectivity index (χ1) is 8.08. The van der Waals surface area contributed by atoms with E-state index in [2.05, 4.69) is 5.92 Å². The lowest BCUT2D eigenvalue weighted by molar-refractivity contribution is 0.0526. The van der Waals surface area contributed by atoms with Crippen LogP contribution in [0.1, 0.15) is 28.4 Å². The van der Waals surface area contributed by atoms with Gasteiger partial charge >= 0.3 is 5.97 Å². The van der Waals surface area contributed by atoms with Crippen LogP contribution in [0, 0.1) is 19.3 Å². The van der Waals surface area contributed by atoms with E-state index >= 15 is 0 Å². The number of ether oxygens (including phenoxy) is 1. The fourth-order valence-electron chi connectivity index (χ4n) is 1.53. The SMILES string of the molecule is C#CC(O)Cc1ccc(C(=O)OCC)cc1C. The summed E-state index contributed by atoms with van der Waals surface area (Å²) < 4.78 is 4.90. The molecule has 0 aliphatic rings. The molecule has 1 aromatic carbocycles. The van der Waals surface area contributed by atoms with Crippen molar-refractivity contribution < 1.29 is 14.6 Å². The van der Waals surface area contributed by atoms with Crippen LogP contribution in [0.3, 0.4) is 0 Å². The van der Waals surface area contributed by atoms with Crippen LogP contribution in [0.4, 0.5) is 0 Å². The highest BCUT2D eigenvalue weighted by molar-refractivity contribution is 5.89. The molecule has 17 heavy (non-hydrogen) atoms. The molecule has 0 aromatic heterocycles. The van der Waals surface area contributed by atoms with E-state index in [4.69, 9.17) is 11.2 Å². The Morgan fingerprint density at radius 2 is 2.29 bits per heavy atom. The number of benzene rings is 1. The monoisotopic (exact) mass is 232 g/mol. The normalized spacial score (nSPS) is 11.6. The first kappa shape index (κ1) is 13.3. The van der Waals surface area contributed by atoms with Crippen LogP contribution in [0.5, 0.6) is 0 Å². The quantitative estimate of drug-likeness (QED) is 0.635. The molecule has 0 fully saturated rings. The number of aliphatic hydroxyl groups excluding tert-OH is 1. The lowest BCUT2D eigenvalue weighted by Gasteiger charge is -2.09. The number of hydrogen-bond donors (Lipinski definition) is 1. The fraction of sp³-hybridized carbons (Fsp3) is 0.357. The topological polar surface area (TPSA) is 46.5 Å². The molecule has 3 nitrogen and oxygen atoms in total. The van der Waals surface area contributed by atoms with E-state index in [1.807, 2.05) is 6.92 Å². The van der Waals surface area contributed by atoms with E-state index in [0.717, 1.165) is 11.1 Å². The summed E-state index contributed by atoms with van der Waals surface area (Å²) in [4.78, 5) is 11.5. The third kappa shape index (κ3) is 3.61. The molecular formula is C14H16O3. The smallest absolute Gasteiger partial charge is 0.338 e. The van der Waals surface area contributed by atoms with Crippen molar-refractivity contribution in [2.45, 2.75) is 26.4 Å². The van der Waals surface area contributed by atoms with Crippen LogP contribution in [0.15, 0.2) is 18.2 Å². The van der Waals surface area contributed by atoms with Crippen LogP contribution in [-0.4, -0.2) is 23.8 Å². The summed E-state index contributed by atoms with van der Waals surface area (Å²) in [6, 6.07) is 5.22. The summed E-state index contributed by atoms with van der Waals surface area (Å²) in [5.41, 5.74) is 2.37.